The normalized spacial score (nSPS) is 14.0. The first kappa shape index (κ1) is 14.5. The molecule has 18 heavy (non-hydrogen) atoms. The van der Waals surface area contributed by atoms with Crippen LogP contribution in [0.1, 0.15) is 20.3 Å². The SMILES string of the molecule is CCCNc1cc(NCC(C)(O)CO)nc(N)n1. The number of anilines is 3. The van der Waals surface area contributed by atoms with Crippen LogP contribution < -0.4 is 16.4 Å². The van der Waals surface area contributed by atoms with E-state index >= 15 is 0 Å². The van der Waals surface area contributed by atoms with Crippen LogP contribution in [0.3, 0.4) is 0 Å². The van der Waals surface area contributed by atoms with Crippen molar-refractivity contribution in [1.29, 1.82) is 0 Å². The van der Waals surface area contributed by atoms with Crippen LogP contribution in [0.15, 0.2) is 6.07 Å². The third-order valence-electron chi connectivity index (χ3n) is 2.29. The highest BCUT2D eigenvalue weighted by Crippen LogP contribution is 2.13. The van der Waals surface area contributed by atoms with Crippen LogP contribution in [0.4, 0.5) is 17.6 Å². The molecule has 6 N–H and O–H groups in total. The summed E-state index contributed by atoms with van der Waals surface area (Å²) in [5, 5.41) is 24.6. The van der Waals surface area contributed by atoms with Crippen molar-refractivity contribution in [3.8, 4) is 0 Å². The van der Waals surface area contributed by atoms with E-state index in [4.69, 9.17) is 10.8 Å². The Bertz CT molecular complexity index is 384. The molecule has 1 unspecified atom stereocenters. The van der Waals surface area contributed by atoms with Crippen molar-refractivity contribution in [1.82, 2.24) is 9.97 Å². The summed E-state index contributed by atoms with van der Waals surface area (Å²) in [6.07, 6.45) is 0.978. The number of nitrogens with one attached hydrogen (secondary N) is 2. The molecule has 0 spiro atoms. The molecule has 1 heterocycles. The second-order valence-electron chi connectivity index (χ2n) is 4.43. The smallest absolute Gasteiger partial charge is 0.223 e. The topological polar surface area (TPSA) is 116 Å². The molecule has 1 atom stereocenters. The Kier molecular flexibility index (Phi) is 5.11. The van der Waals surface area contributed by atoms with Crippen LogP contribution in [0.2, 0.25) is 0 Å². The standard InChI is InChI=1S/C11H21N5O2/c1-3-4-13-8-5-9(16-10(12)15-8)14-6-11(2,18)7-17/h5,17-18H,3-4,6-7H2,1-2H3,(H4,12,13,14,15,16). The second-order valence-corrected chi connectivity index (χ2v) is 4.43. The Hall–Kier alpha value is -1.60. The maximum atomic E-state index is 9.66. The number of nitrogens with two attached hydrogens (primary N) is 1. The van der Waals surface area contributed by atoms with Crippen LogP contribution >= 0.6 is 0 Å². The molecule has 7 nitrogen and oxygen atoms in total. The number of hydrogen-bond donors (Lipinski definition) is 5. The highest BCUT2D eigenvalue weighted by Gasteiger charge is 2.18. The van der Waals surface area contributed by atoms with Crippen molar-refractivity contribution in [2.75, 3.05) is 36.1 Å². The minimum atomic E-state index is -1.20. The number of hydrogen-bond acceptors (Lipinski definition) is 7. The monoisotopic (exact) mass is 255 g/mol. The minimum absolute atomic E-state index is 0.155. The van der Waals surface area contributed by atoms with Crippen LogP contribution in [0, 0.1) is 0 Å². The van der Waals surface area contributed by atoms with E-state index in [-0.39, 0.29) is 19.1 Å². The molecular weight excluding hydrogens is 234 g/mol. The molecule has 0 amide bonds. The average molecular weight is 255 g/mol. The van der Waals surface area contributed by atoms with E-state index < -0.39 is 5.60 Å². The summed E-state index contributed by atoms with van der Waals surface area (Å²) in [7, 11) is 0. The maximum Gasteiger partial charge on any atom is 0.223 e. The summed E-state index contributed by atoms with van der Waals surface area (Å²) in [5.74, 6) is 1.30. The molecule has 0 aliphatic carbocycles. The van der Waals surface area contributed by atoms with E-state index in [1.165, 1.54) is 6.92 Å². The number of rotatable bonds is 7. The van der Waals surface area contributed by atoms with Crippen LogP contribution in [0.25, 0.3) is 0 Å². The molecule has 0 radical (unpaired) electrons. The largest absolute Gasteiger partial charge is 0.393 e. The summed E-state index contributed by atoms with van der Waals surface area (Å²) < 4.78 is 0. The van der Waals surface area contributed by atoms with E-state index in [0.717, 1.165) is 13.0 Å². The number of aromatic nitrogens is 2. The molecule has 0 aromatic carbocycles. The van der Waals surface area contributed by atoms with Gasteiger partial charge in [0.25, 0.3) is 0 Å². The molecule has 0 saturated heterocycles. The van der Waals surface area contributed by atoms with Gasteiger partial charge >= 0.3 is 0 Å². The lowest BCUT2D eigenvalue weighted by Crippen LogP contribution is -2.37. The zero-order valence-corrected chi connectivity index (χ0v) is 10.8. The van der Waals surface area contributed by atoms with Gasteiger partial charge in [-0.1, -0.05) is 6.92 Å². The van der Waals surface area contributed by atoms with Gasteiger partial charge in [-0.3, -0.25) is 0 Å². The number of nitrogens with zero attached hydrogens (tertiary/aromatic N) is 2. The molecule has 0 bridgehead atoms. The first-order valence-corrected chi connectivity index (χ1v) is 5.92. The number of aliphatic hydroxyl groups excluding tert-OH is 1. The summed E-state index contributed by atoms with van der Waals surface area (Å²) in [4.78, 5) is 8.04. The van der Waals surface area contributed by atoms with E-state index in [1.807, 2.05) is 0 Å². The predicted octanol–water partition coefficient (Wildman–Crippen LogP) is 0.0359. The molecule has 1 aromatic rings. The molecule has 0 fully saturated rings. The first-order chi connectivity index (χ1) is 8.46. The minimum Gasteiger partial charge on any atom is -0.393 e. The van der Waals surface area contributed by atoms with Crippen molar-refractivity contribution in [2.45, 2.75) is 25.9 Å². The fourth-order valence-electron chi connectivity index (χ4n) is 1.24. The van der Waals surface area contributed by atoms with Gasteiger partial charge in [-0.2, -0.15) is 9.97 Å². The summed E-state index contributed by atoms with van der Waals surface area (Å²) >= 11 is 0. The van der Waals surface area contributed by atoms with Crippen molar-refractivity contribution >= 4 is 17.6 Å². The molecule has 0 saturated carbocycles. The lowest BCUT2D eigenvalue weighted by Gasteiger charge is -2.21. The van der Waals surface area contributed by atoms with Gasteiger partial charge in [-0.25, -0.2) is 0 Å². The molecular formula is C11H21N5O2. The van der Waals surface area contributed by atoms with Crippen molar-refractivity contribution < 1.29 is 10.2 Å². The van der Waals surface area contributed by atoms with Gasteiger partial charge in [0.05, 0.1) is 6.61 Å². The summed E-state index contributed by atoms with van der Waals surface area (Å²) in [6, 6.07) is 1.71. The average Bonchev–Trinajstić information content (AvgIpc) is 2.33. The predicted molar refractivity (Wildman–Crippen MR) is 71.4 cm³/mol. The molecule has 0 aliphatic rings. The highest BCUT2D eigenvalue weighted by atomic mass is 16.3. The van der Waals surface area contributed by atoms with Gasteiger partial charge in [-0.15, -0.1) is 0 Å². The van der Waals surface area contributed by atoms with Crippen LogP contribution in [-0.2, 0) is 0 Å². The van der Waals surface area contributed by atoms with Gasteiger partial charge in [0.15, 0.2) is 0 Å². The zero-order chi connectivity index (χ0) is 13.6. The van der Waals surface area contributed by atoms with Gasteiger partial charge < -0.3 is 26.6 Å². The lowest BCUT2D eigenvalue weighted by molar-refractivity contribution is 0.0132. The molecule has 1 aromatic heterocycles. The Labute approximate surface area is 106 Å². The van der Waals surface area contributed by atoms with Gasteiger partial charge in [-0.05, 0) is 13.3 Å². The van der Waals surface area contributed by atoms with E-state index in [0.29, 0.717) is 11.6 Å². The Morgan fingerprint density at radius 3 is 2.50 bits per heavy atom. The Morgan fingerprint density at radius 2 is 1.94 bits per heavy atom. The lowest BCUT2D eigenvalue weighted by atomic mass is 10.1. The maximum absolute atomic E-state index is 9.66. The molecule has 102 valence electrons. The van der Waals surface area contributed by atoms with Gasteiger partial charge in [0, 0.05) is 19.2 Å². The summed E-state index contributed by atoms with van der Waals surface area (Å²) in [5.41, 5.74) is 4.39. The fraction of sp³-hybridized carbons (Fsp3) is 0.636. The van der Waals surface area contributed by atoms with Gasteiger partial charge in [0.2, 0.25) is 5.95 Å². The summed E-state index contributed by atoms with van der Waals surface area (Å²) in [6.45, 7) is 4.22. The number of aliphatic hydroxyl groups is 2. The van der Waals surface area contributed by atoms with Crippen molar-refractivity contribution in [2.24, 2.45) is 0 Å². The van der Waals surface area contributed by atoms with E-state index in [9.17, 15) is 5.11 Å². The van der Waals surface area contributed by atoms with Crippen molar-refractivity contribution in [3.05, 3.63) is 6.07 Å². The van der Waals surface area contributed by atoms with Gasteiger partial charge in [0.1, 0.15) is 17.2 Å². The molecule has 7 heteroatoms. The fourth-order valence-corrected chi connectivity index (χ4v) is 1.24. The van der Waals surface area contributed by atoms with Crippen molar-refractivity contribution in [3.63, 3.8) is 0 Å². The second kappa shape index (κ2) is 6.36. The number of nitrogen functional groups attached to an aromatic ring is 1. The van der Waals surface area contributed by atoms with Crippen LogP contribution in [-0.4, -0.2) is 45.5 Å². The third kappa shape index (κ3) is 4.72. The van der Waals surface area contributed by atoms with Crippen LogP contribution in [0.5, 0.6) is 0 Å². The third-order valence-corrected chi connectivity index (χ3v) is 2.29. The first-order valence-electron chi connectivity index (χ1n) is 5.92. The quantitative estimate of drug-likeness (QED) is 0.467. The Balaban J connectivity index is 2.68. The zero-order valence-electron chi connectivity index (χ0n) is 10.8. The molecule has 1 rings (SSSR count). The van der Waals surface area contributed by atoms with E-state index in [1.54, 1.807) is 6.07 Å². The van der Waals surface area contributed by atoms with E-state index in [2.05, 4.69) is 27.5 Å². The highest BCUT2D eigenvalue weighted by molar-refractivity contribution is 5.51. The Morgan fingerprint density at radius 1 is 1.33 bits per heavy atom. The molecule has 0 aliphatic heterocycles.